The van der Waals surface area contributed by atoms with Gasteiger partial charge in [0.25, 0.3) is 0 Å². The summed E-state index contributed by atoms with van der Waals surface area (Å²) < 4.78 is 19.7. The van der Waals surface area contributed by atoms with Crippen molar-refractivity contribution in [2.45, 2.75) is 19.9 Å². The summed E-state index contributed by atoms with van der Waals surface area (Å²) in [5, 5.41) is 3.39. The maximum Gasteiger partial charge on any atom is 0.142 e. The summed E-state index contributed by atoms with van der Waals surface area (Å²) in [7, 11) is 0. The monoisotopic (exact) mass is 371 g/mol. The van der Waals surface area contributed by atoms with E-state index in [4.69, 9.17) is 16.3 Å². The van der Waals surface area contributed by atoms with E-state index in [-0.39, 0.29) is 5.02 Å². The lowest BCUT2D eigenvalue weighted by Crippen LogP contribution is -2.14. The second-order valence-electron chi connectivity index (χ2n) is 4.61. The van der Waals surface area contributed by atoms with Gasteiger partial charge < -0.3 is 10.1 Å². The predicted molar refractivity (Wildman–Crippen MR) is 87.6 cm³/mol. The average Bonchev–Trinajstić information content (AvgIpc) is 2.45. The highest BCUT2D eigenvalue weighted by atomic mass is 79.9. The third-order valence-corrected chi connectivity index (χ3v) is 3.92. The molecule has 0 heterocycles. The predicted octanol–water partition coefficient (Wildman–Crippen LogP) is 5.53. The fraction of sp³-hybridized carbons (Fsp3) is 0.250. The maximum absolute atomic E-state index is 13.1. The van der Waals surface area contributed by atoms with E-state index in [9.17, 15) is 4.39 Å². The van der Waals surface area contributed by atoms with E-state index in [0.717, 1.165) is 29.5 Å². The van der Waals surface area contributed by atoms with Crippen molar-refractivity contribution < 1.29 is 9.13 Å². The standard InChI is InChI=1S/C16H16BrClFNO/c1-2-7-20-10-11-3-4-12(8-14(11)17)21-13-5-6-16(19)15(18)9-13/h3-6,8-9,20H,2,7,10H2,1H3. The van der Waals surface area contributed by atoms with E-state index < -0.39 is 5.82 Å². The average molecular weight is 373 g/mol. The lowest BCUT2D eigenvalue weighted by atomic mass is 10.2. The van der Waals surface area contributed by atoms with Gasteiger partial charge >= 0.3 is 0 Å². The third-order valence-electron chi connectivity index (χ3n) is 2.89. The van der Waals surface area contributed by atoms with Crippen LogP contribution in [0, 0.1) is 5.82 Å². The Bertz CT molecular complexity index is 621. The first-order chi connectivity index (χ1) is 10.1. The van der Waals surface area contributed by atoms with E-state index in [2.05, 4.69) is 28.2 Å². The van der Waals surface area contributed by atoms with E-state index >= 15 is 0 Å². The molecule has 0 bridgehead atoms. The van der Waals surface area contributed by atoms with Gasteiger partial charge in [-0.2, -0.15) is 0 Å². The van der Waals surface area contributed by atoms with Crippen molar-refractivity contribution >= 4 is 27.5 Å². The molecule has 2 aromatic carbocycles. The Morgan fingerprint density at radius 2 is 1.90 bits per heavy atom. The number of benzene rings is 2. The minimum atomic E-state index is -0.456. The van der Waals surface area contributed by atoms with Crippen LogP contribution in [0.25, 0.3) is 0 Å². The molecule has 0 aliphatic carbocycles. The van der Waals surface area contributed by atoms with E-state index in [1.54, 1.807) is 6.07 Å². The molecule has 0 saturated heterocycles. The second-order valence-corrected chi connectivity index (χ2v) is 5.87. The highest BCUT2D eigenvalue weighted by Crippen LogP contribution is 2.29. The summed E-state index contributed by atoms with van der Waals surface area (Å²) in [4.78, 5) is 0. The SMILES string of the molecule is CCCNCc1ccc(Oc2ccc(F)c(Cl)c2)cc1Br. The van der Waals surface area contributed by atoms with Crippen molar-refractivity contribution in [1.29, 1.82) is 0 Å². The number of ether oxygens (including phenoxy) is 1. The van der Waals surface area contributed by atoms with Crippen LogP contribution in [0.5, 0.6) is 11.5 Å². The molecule has 0 amide bonds. The normalized spacial score (nSPS) is 10.7. The zero-order valence-electron chi connectivity index (χ0n) is 11.6. The quantitative estimate of drug-likeness (QED) is 0.673. The molecular formula is C16H16BrClFNO. The van der Waals surface area contributed by atoms with Gasteiger partial charge in [0.15, 0.2) is 0 Å². The Labute approximate surface area is 137 Å². The molecule has 0 unspecified atom stereocenters. The van der Waals surface area contributed by atoms with Gasteiger partial charge in [-0.1, -0.05) is 40.5 Å². The van der Waals surface area contributed by atoms with Gasteiger partial charge in [-0.05, 0) is 42.8 Å². The summed E-state index contributed by atoms with van der Waals surface area (Å²) in [6.45, 7) is 3.92. The summed E-state index contributed by atoms with van der Waals surface area (Å²) in [5.74, 6) is 0.719. The summed E-state index contributed by atoms with van der Waals surface area (Å²) in [5.41, 5.74) is 1.16. The van der Waals surface area contributed by atoms with Crippen LogP contribution in [0.3, 0.4) is 0 Å². The molecule has 1 N–H and O–H groups in total. The first-order valence-corrected chi connectivity index (χ1v) is 7.89. The fourth-order valence-corrected chi connectivity index (χ4v) is 2.48. The molecule has 2 rings (SSSR count). The molecule has 0 aromatic heterocycles. The molecule has 112 valence electrons. The van der Waals surface area contributed by atoms with Crippen LogP contribution in [0.1, 0.15) is 18.9 Å². The summed E-state index contributed by atoms with van der Waals surface area (Å²) in [6, 6.07) is 10.1. The van der Waals surface area contributed by atoms with Gasteiger partial charge in [0.2, 0.25) is 0 Å². The molecule has 0 radical (unpaired) electrons. The van der Waals surface area contributed by atoms with Crippen LogP contribution < -0.4 is 10.1 Å². The zero-order valence-corrected chi connectivity index (χ0v) is 14.0. The van der Waals surface area contributed by atoms with Crippen LogP contribution in [-0.4, -0.2) is 6.54 Å². The van der Waals surface area contributed by atoms with Crippen LogP contribution in [0.2, 0.25) is 5.02 Å². The number of halogens is 3. The number of rotatable bonds is 6. The van der Waals surface area contributed by atoms with Gasteiger partial charge in [0.05, 0.1) is 5.02 Å². The van der Waals surface area contributed by atoms with Crippen molar-refractivity contribution in [3.63, 3.8) is 0 Å². The minimum absolute atomic E-state index is 0.0481. The molecule has 21 heavy (non-hydrogen) atoms. The lowest BCUT2D eigenvalue weighted by molar-refractivity contribution is 0.480. The smallest absolute Gasteiger partial charge is 0.142 e. The first kappa shape index (κ1) is 16.3. The first-order valence-electron chi connectivity index (χ1n) is 6.72. The molecule has 2 nitrogen and oxygen atoms in total. The molecule has 0 spiro atoms. The van der Waals surface area contributed by atoms with Gasteiger partial charge in [-0.15, -0.1) is 0 Å². The van der Waals surface area contributed by atoms with Crippen LogP contribution in [-0.2, 0) is 6.54 Å². The molecule has 0 aliphatic rings. The van der Waals surface area contributed by atoms with Crippen molar-refractivity contribution in [3.05, 3.63) is 57.3 Å². The summed E-state index contributed by atoms with van der Waals surface area (Å²) >= 11 is 9.27. The molecule has 0 aliphatic heterocycles. The Hall–Kier alpha value is -1.10. The van der Waals surface area contributed by atoms with E-state index in [1.165, 1.54) is 12.1 Å². The summed E-state index contributed by atoms with van der Waals surface area (Å²) in [6.07, 6.45) is 1.10. The molecule has 0 saturated carbocycles. The Morgan fingerprint density at radius 3 is 2.57 bits per heavy atom. The van der Waals surface area contributed by atoms with Gasteiger partial charge in [0.1, 0.15) is 17.3 Å². The third kappa shape index (κ3) is 4.70. The largest absolute Gasteiger partial charge is 0.457 e. The zero-order chi connectivity index (χ0) is 15.2. The topological polar surface area (TPSA) is 21.3 Å². The number of nitrogens with one attached hydrogen (secondary N) is 1. The number of hydrogen-bond acceptors (Lipinski definition) is 2. The Balaban J connectivity index is 2.07. The molecule has 0 atom stereocenters. The van der Waals surface area contributed by atoms with Crippen molar-refractivity contribution in [2.24, 2.45) is 0 Å². The molecular weight excluding hydrogens is 357 g/mol. The lowest BCUT2D eigenvalue weighted by Gasteiger charge is -2.10. The maximum atomic E-state index is 13.1. The van der Waals surface area contributed by atoms with Crippen molar-refractivity contribution in [2.75, 3.05) is 6.54 Å². The van der Waals surface area contributed by atoms with Crippen molar-refractivity contribution in [1.82, 2.24) is 5.32 Å². The van der Waals surface area contributed by atoms with Crippen LogP contribution in [0.15, 0.2) is 40.9 Å². The fourth-order valence-electron chi connectivity index (χ4n) is 1.81. The molecule has 0 fully saturated rings. The van der Waals surface area contributed by atoms with E-state index in [1.807, 2.05) is 18.2 Å². The Morgan fingerprint density at radius 1 is 1.19 bits per heavy atom. The Kier molecular flexibility index (Phi) is 6.03. The van der Waals surface area contributed by atoms with Crippen molar-refractivity contribution in [3.8, 4) is 11.5 Å². The van der Waals surface area contributed by atoms with Gasteiger partial charge in [-0.3, -0.25) is 0 Å². The highest BCUT2D eigenvalue weighted by molar-refractivity contribution is 9.10. The number of hydrogen-bond donors (Lipinski definition) is 1. The second kappa shape index (κ2) is 7.78. The van der Waals surface area contributed by atoms with E-state index in [0.29, 0.717) is 11.5 Å². The molecule has 5 heteroatoms. The minimum Gasteiger partial charge on any atom is -0.457 e. The van der Waals surface area contributed by atoms with Gasteiger partial charge in [0, 0.05) is 17.1 Å². The van der Waals surface area contributed by atoms with Crippen LogP contribution in [0.4, 0.5) is 4.39 Å². The van der Waals surface area contributed by atoms with Crippen LogP contribution >= 0.6 is 27.5 Å². The molecule has 2 aromatic rings. The highest BCUT2D eigenvalue weighted by Gasteiger charge is 2.05. The van der Waals surface area contributed by atoms with Gasteiger partial charge in [-0.25, -0.2) is 4.39 Å².